The second kappa shape index (κ2) is 10.3. The van der Waals surface area contributed by atoms with Gasteiger partial charge in [-0.3, -0.25) is 4.90 Å². The molecule has 0 spiro atoms. The molecular formula is C27H34ClN3O. The van der Waals surface area contributed by atoms with Gasteiger partial charge in [-0.25, -0.2) is 0 Å². The normalized spacial score (nSPS) is 18.6. The van der Waals surface area contributed by atoms with Crippen LogP contribution in [0.1, 0.15) is 60.8 Å². The summed E-state index contributed by atoms with van der Waals surface area (Å²) in [6.07, 6.45) is 7.05. The minimum absolute atomic E-state index is 0.493. The molecule has 2 fully saturated rings. The van der Waals surface area contributed by atoms with E-state index < -0.39 is 5.60 Å². The number of piperidine rings is 1. The molecule has 0 atom stereocenters. The molecule has 2 saturated heterocycles. The van der Waals surface area contributed by atoms with Crippen LogP contribution in [0.3, 0.4) is 0 Å². The predicted octanol–water partition coefficient (Wildman–Crippen LogP) is 5.47. The van der Waals surface area contributed by atoms with Crippen molar-refractivity contribution in [3.8, 4) is 6.07 Å². The van der Waals surface area contributed by atoms with Gasteiger partial charge in [0.1, 0.15) is 6.07 Å². The highest BCUT2D eigenvalue weighted by Crippen LogP contribution is 2.32. The van der Waals surface area contributed by atoms with Crippen LogP contribution < -0.4 is 4.90 Å². The van der Waals surface area contributed by atoms with Crippen molar-refractivity contribution < 1.29 is 5.11 Å². The Kier molecular flexibility index (Phi) is 7.40. The first kappa shape index (κ1) is 23.1. The van der Waals surface area contributed by atoms with Gasteiger partial charge in [-0.1, -0.05) is 29.8 Å². The summed E-state index contributed by atoms with van der Waals surface area (Å²) in [5, 5.41) is 20.7. The van der Waals surface area contributed by atoms with Crippen molar-refractivity contribution in [3.63, 3.8) is 0 Å². The molecule has 2 aliphatic rings. The third kappa shape index (κ3) is 5.64. The number of nitriles is 1. The maximum absolute atomic E-state index is 11.1. The Balaban J connectivity index is 1.25. The third-order valence-corrected chi connectivity index (χ3v) is 7.55. The lowest BCUT2D eigenvalue weighted by atomic mass is 9.85. The maximum atomic E-state index is 11.1. The highest BCUT2D eigenvalue weighted by Gasteiger charge is 2.32. The van der Waals surface area contributed by atoms with Gasteiger partial charge in [0.15, 0.2) is 0 Å². The van der Waals surface area contributed by atoms with Gasteiger partial charge in [0, 0.05) is 25.3 Å². The monoisotopic (exact) mass is 451 g/mol. The van der Waals surface area contributed by atoms with Gasteiger partial charge in [-0.2, -0.15) is 5.26 Å². The lowest BCUT2D eigenvalue weighted by Gasteiger charge is -2.39. The second-order valence-electron chi connectivity index (χ2n) is 9.58. The van der Waals surface area contributed by atoms with Crippen LogP contribution in [0, 0.1) is 18.3 Å². The molecule has 0 unspecified atom stereocenters. The Morgan fingerprint density at radius 3 is 2.47 bits per heavy atom. The largest absolute Gasteiger partial charge is 0.390 e. The molecule has 0 aromatic heterocycles. The summed E-state index contributed by atoms with van der Waals surface area (Å²) in [7, 11) is 0. The van der Waals surface area contributed by atoms with Gasteiger partial charge in [0.25, 0.3) is 0 Å². The fourth-order valence-electron chi connectivity index (χ4n) is 5.17. The van der Waals surface area contributed by atoms with Crippen LogP contribution in [0.25, 0.3) is 0 Å². The number of benzene rings is 2. The zero-order valence-electron chi connectivity index (χ0n) is 19.1. The number of anilines is 1. The molecule has 170 valence electrons. The molecule has 4 nitrogen and oxygen atoms in total. The molecule has 0 saturated carbocycles. The fraction of sp³-hybridized carbons (Fsp3) is 0.519. The van der Waals surface area contributed by atoms with Crippen LogP contribution in [-0.4, -0.2) is 41.8 Å². The van der Waals surface area contributed by atoms with E-state index in [9.17, 15) is 5.11 Å². The number of rotatable bonds is 7. The van der Waals surface area contributed by atoms with Gasteiger partial charge >= 0.3 is 0 Å². The van der Waals surface area contributed by atoms with Gasteiger partial charge in [-0.15, -0.1) is 0 Å². The van der Waals surface area contributed by atoms with Crippen LogP contribution in [0.4, 0.5) is 5.69 Å². The summed E-state index contributed by atoms with van der Waals surface area (Å²) in [4.78, 5) is 4.80. The van der Waals surface area contributed by atoms with Gasteiger partial charge in [0.05, 0.1) is 16.2 Å². The Morgan fingerprint density at radius 2 is 1.81 bits per heavy atom. The van der Waals surface area contributed by atoms with Crippen LogP contribution in [-0.2, 0) is 13.0 Å². The number of hydrogen-bond donors (Lipinski definition) is 1. The number of aliphatic hydroxyl groups is 1. The zero-order chi connectivity index (χ0) is 22.6. The summed E-state index contributed by atoms with van der Waals surface area (Å²) in [5.41, 5.74) is 5.15. The quantitative estimate of drug-likeness (QED) is 0.606. The molecular weight excluding hydrogens is 418 g/mol. The minimum Gasteiger partial charge on any atom is -0.390 e. The molecule has 2 aliphatic heterocycles. The molecule has 0 bridgehead atoms. The Hall–Kier alpha value is -2.06. The first-order valence-electron chi connectivity index (χ1n) is 11.9. The predicted molar refractivity (Wildman–Crippen MR) is 131 cm³/mol. The molecule has 1 N–H and O–H groups in total. The summed E-state index contributed by atoms with van der Waals surface area (Å²) < 4.78 is 0. The molecule has 2 heterocycles. The topological polar surface area (TPSA) is 50.5 Å². The van der Waals surface area contributed by atoms with Crippen molar-refractivity contribution in [2.75, 3.05) is 31.1 Å². The average molecular weight is 452 g/mol. The average Bonchev–Trinajstić information content (AvgIpc) is 3.29. The molecule has 0 amide bonds. The highest BCUT2D eigenvalue weighted by molar-refractivity contribution is 6.32. The van der Waals surface area contributed by atoms with E-state index in [2.05, 4.69) is 41.0 Å². The van der Waals surface area contributed by atoms with Crippen molar-refractivity contribution in [1.82, 2.24) is 4.90 Å². The smallest absolute Gasteiger partial charge is 0.101 e. The van der Waals surface area contributed by atoms with E-state index in [0.717, 1.165) is 57.4 Å². The van der Waals surface area contributed by atoms with Crippen molar-refractivity contribution in [1.29, 1.82) is 5.26 Å². The van der Waals surface area contributed by atoms with E-state index in [1.54, 1.807) is 6.07 Å². The Bertz CT molecular complexity index is 969. The molecule has 2 aromatic rings. The van der Waals surface area contributed by atoms with Crippen LogP contribution >= 0.6 is 11.6 Å². The first-order valence-corrected chi connectivity index (χ1v) is 12.3. The summed E-state index contributed by atoms with van der Waals surface area (Å²) in [6.45, 7) is 7.37. The molecule has 32 heavy (non-hydrogen) atoms. The summed E-state index contributed by atoms with van der Waals surface area (Å²) in [5.74, 6) is 0. The maximum Gasteiger partial charge on any atom is 0.101 e. The number of hydrogen-bond acceptors (Lipinski definition) is 4. The molecule has 2 aromatic carbocycles. The van der Waals surface area contributed by atoms with Crippen molar-refractivity contribution in [2.45, 2.75) is 64.0 Å². The van der Waals surface area contributed by atoms with E-state index in [-0.39, 0.29) is 0 Å². The Labute approximate surface area is 197 Å². The van der Waals surface area contributed by atoms with E-state index in [1.165, 1.54) is 42.6 Å². The lowest BCUT2D eigenvalue weighted by Crippen LogP contribution is -2.44. The number of halogens is 1. The second-order valence-corrected chi connectivity index (χ2v) is 9.99. The Morgan fingerprint density at radius 1 is 1.06 bits per heavy atom. The van der Waals surface area contributed by atoms with E-state index in [0.29, 0.717) is 10.6 Å². The van der Waals surface area contributed by atoms with E-state index in [1.807, 2.05) is 12.1 Å². The zero-order valence-corrected chi connectivity index (χ0v) is 19.9. The lowest BCUT2D eigenvalue weighted by molar-refractivity contribution is 0.00634. The van der Waals surface area contributed by atoms with Crippen LogP contribution in [0.5, 0.6) is 0 Å². The number of likely N-dealkylation sites (tertiary alicyclic amines) is 1. The first-order chi connectivity index (χ1) is 15.5. The van der Waals surface area contributed by atoms with Gasteiger partial charge in [0.2, 0.25) is 0 Å². The summed E-state index contributed by atoms with van der Waals surface area (Å²) >= 11 is 6.20. The third-order valence-electron chi connectivity index (χ3n) is 7.23. The van der Waals surface area contributed by atoms with Crippen molar-refractivity contribution in [2.24, 2.45) is 0 Å². The fourth-order valence-corrected chi connectivity index (χ4v) is 5.38. The standard InChI is InChI=1S/C27H34ClN3O/c1-21-17-22(20-30-13-2-3-14-30)6-7-23(21)5-4-10-27(32)11-15-31(16-12-27)25-9-8-24(19-29)26(28)18-25/h6-9,17-18,32H,2-5,10-16,20H2,1H3. The molecule has 5 heteroatoms. The van der Waals surface area contributed by atoms with E-state index in [4.69, 9.17) is 16.9 Å². The minimum atomic E-state index is -0.587. The highest BCUT2D eigenvalue weighted by atomic mass is 35.5. The summed E-state index contributed by atoms with van der Waals surface area (Å²) in [6, 6.07) is 14.6. The molecule has 0 aliphatic carbocycles. The van der Waals surface area contributed by atoms with Gasteiger partial charge < -0.3 is 10.0 Å². The van der Waals surface area contributed by atoms with Crippen LogP contribution in [0.15, 0.2) is 36.4 Å². The molecule has 4 rings (SSSR count). The van der Waals surface area contributed by atoms with Crippen molar-refractivity contribution >= 4 is 17.3 Å². The SMILES string of the molecule is Cc1cc(CN2CCCC2)ccc1CCCC1(O)CCN(c2ccc(C#N)c(Cl)c2)CC1. The van der Waals surface area contributed by atoms with Gasteiger partial charge in [-0.05, 0) is 99.8 Å². The molecule has 0 radical (unpaired) electrons. The van der Waals surface area contributed by atoms with E-state index >= 15 is 0 Å². The van der Waals surface area contributed by atoms with Crippen LogP contribution in [0.2, 0.25) is 5.02 Å². The number of nitrogens with zero attached hydrogens (tertiary/aromatic N) is 3. The van der Waals surface area contributed by atoms with Crippen molar-refractivity contribution in [3.05, 3.63) is 63.7 Å². The number of aryl methyl sites for hydroxylation is 2.